The highest BCUT2D eigenvalue weighted by molar-refractivity contribution is 7.11. The summed E-state index contributed by atoms with van der Waals surface area (Å²) in [7, 11) is 1.57. The maximum absolute atomic E-state index is 12.0. The zero-order chi connectivity index (χ0) is 14.8. The van der Waals surface area contributed by atoms with Crippen molar-refractivity contribution < 1.29 is 14.3 Å². The molecule has 0 atom stereocenters. The molecule has 106 valence electrons. The van der Waals surface area contributed by atoms with Crippen molar-refractivity contribution in [3.05, 3.63) is 57.4 Å². The van der Waals surface area contributed by atoms with Gasteiger partial charge in [0.1, 0.15) is 5.75 Å². The van der Waals surface area contributed by atoms with E-state index in [0.717, 1.165) is 10.4 Å². The molecule has 1 aliphatic heterocycles. The van der Waals surface area contributed by atoms with Crippen molar-refractivity contribution in [2.75, 3.05) is 7.11 Å². The van der Waals surface area contributed by atoms with E-state index in [1.54, 1.807) is 30.6 Å². The first-order valence-electron chi connectivity index (χ1n) is 6.39. The van der Waals surface area contributed by atoms with E-state index < -0.39 is 5.97 Å². The summed E-state index contributed by atoms with van der Waals surface area (Å²) in [5.74, 6) is 0.458. The van der Waals surface area contributed by atoms with Crippen molar-refractivity contribution in [1.82, 2.24) is 0 Å². The molecule has 0 spiro atoms. The van der Waals surface area contributed by atoms with Crippen LogP contribution in [0.2, 0.25) is 0 Å². The lowest BCUT2D eigenvalue weighted by Gasteiger charge is -2.05. The molecule has 2 heterocycles. The van der Waals surface area contributed by atoms with E-state index in [-0.39, 0.29) is 5.90 Å². The highest BCUT2D eigenvalue weighted by Crippen LogP contribution is 2.26. The molecule has 0 amide bonds. The van der Waals surface area contributed by atoms with Crippen molar-refractivity contribution in [2.24, 2.45) is 4.99 Å². The zero-order valence-corrected chi connectivity index (χ0v) is 12.4. The van der Waals surface area contributed by atoms with Crippen LogP contribution in [0.4, 0.5) is 0 Å². The molecule has 0 unspecified atom stereocenters. The summed E-state index contributed by atoms with van der Waals surface area (Å²) in [6.07, 6.45) is 1.75. The summed E-state index contributed by atoms with van der Waals surface area (Å²) in [4.78, 5) is 17.3. The van der Waals surface area contributed by atoms with Gasteiger partial charge in [0.2, 0.25) is 5.90 Å². The van der Waals surface area contributed by atoms with Gasteiger partial charge in [0.25, 0.3) is 0 Å². The number of aliphatic imine (C=N–C) groups is 1. The van der Waals surface area contributed by atoms with E-state index in [9.17, 15) is 4.79 Å². The molecular weight excluding hydrogens is 286 g/mol. The van der Waals surface area contributed by atoms with E-state index in [4.69, 9.17) is 9.47 Å². The Hall–Kier alpha value is -2.40. The number of esters is 1. The van der Waals surface area contributed by atoms with Gasteiger partial charge < -0.3 is 9.47 Å². The topological polar surface area (TPSA) is 47.9 Å². The van der Waals surface area contributed by atoms with Gasteiger partial charge in [-0.1, -0.05) is 12.1 Å². The number of methoxy groups -OCH3 is 1. The third-order valence-corrected chi connectivity index (χ3v) is 4.09. The first-order chi connectivity index (χ1) is 10.2. The third kappa shape index (κ3) is 2.60. The van der Waals surface area contributed by atoms with E-state index in [2.05, 4.69) is 4.99 Å². The number of benzene rings is 1. The minimum atomic E-state index is -0.441. The Bertz CT molecular complexity index is 758. The number of hydrogen-bond donors (Lipinski definition) is 0. The van der Waals surface area contributed by atoms with Crippen LogP contribution in [0.5, 0.6) is 5.75 Å². The summed E-state index contributed by atoms with van der Waals surface area (Å²) in [5.41, 5.74) is 2.09. The fraction of sp³-hybridized carbons (Fsp3) is 0.125. The minimum Gasteiger partial charge on any atom is -0.496 e. The quantitative estimate of drug-likeness (QED) is 0.644. The molecule has 1 aromatic heterocycles. The second-order valence-electron chi connectivity index (χ2n) is 4.50. The summed E-state index contributed by atoms with van der Waals surface area (Å²) in [6, 6.07) is 9.31. The second kappa shape index (κ2) is 5.54. The fourth-order valence-electron chi connectivity index (χ4n) is 2.00. The number of thiophene rings is 1. The number of ether oxygens (including phenoxy) is 2. The molecule has 5 heteroatoms. The Kier molecular flexibility index (Phi) is 3.58. The maximum Gasteiger partial charge on any atom is 0.363 e. The fourth-order valence-corrected chi connectivity index (χ4v) is 2.85. The molecular formula is C16H13NO3S. The molecule has 0 saturated carbocycles. The number of nitrogens with zero attached hydrogens (tertiary/aromatic N) is 1. The minimum absolute atomic E-state index is 0.276. The lowest BCUT2D eigenvalue weighted by Crippen LogP contribution is -2.06. The lowest BCUT2D eigenvalue weighted by atomic mass is 10.2. The van der Waals surface area contributed by atoms with E-state index in [0.29, 0.717) is 17.0 Å². The first kappa shape index (κ1) is 13.6. The van der Waals surface area contributed by atoms with Crippen LogP contribution >= 0.6 is 11.3 Å². The van der Waals surface area contributed by atoms with Crippen molar-refractivity contribution in [3.63, 3.8) is 0 Å². The van der Waals surface area contributed by atoms with E-state index in [1.807, 2.05) is 36.6 Å². The predicted molar refractivity (Wildman–Crippen MR) is 82.7 cm³/mol. The van der Waals surface area contributed by atoms with Crippen molar-refractivity contribution >= 4 is 29.3 Å². The van der Waals surface area contributed by atoms with Crippen LogP contribution < -0.4 is 4.74 Å². The molecule has 3 rings (SSSR count). The largest absolute Gasteiger partial charge is 0.496 e. The molecule has 0 fully saturated rings. The number of hydrogen-bond acceptors (Lipinski definition) is 5. The number of rotatable bonds is 3. The van der Waals surface area contributed by atoms with Crippen LogP contribution in [-0.2, 0) is 9.53 Å². The van der Waals surface area contributed by atoms with Gasteiger partial charge in [0.15, 0.2) is 5.70 Å². The van der Waals surface area contributed by atoms with Crippen molar-refractivity contribution in [2.45, 2.75) is 6.92 Å². The van der Waals surface area contributed by atoms with Gasteiger partial charge in [-0.2, -0.15) is 0 Å². The highest BCUT2D eigenvalue weighted by Gasteiger charge is 2.26. The molecule has 0 aliphatic carbocycles. The number of cyclic esters (lactones) is 1. The number of carbonyl (C=O) groups excluding carboxylic acids is 1. The van der Waals surface area contributed by atoms with Crippen LogP contribution in [-0.4, -0.2) is 19.0 Å². The Morgan fingerprint density at radius 1 is 1.29 bits per heavy atom. The van der Waals surface area contributed by atoms with Gasteiger partial charge in [-0.05, 0) is 42.1 Å². The Balaban J connectivity index is 1.99. The Labute approximate surface area is 126 Å². The molecule has 21 heavy (non-hydrogen) atoms. The average molecular weight is 299 g/mol. The Morgan fingerprint density at radius 3 is 2.81 bits per heavy atom. The molecule has 1 aliphatic rings. The SMILES string of the molecule is COc1ccccc1C1=N/C(=C\c2sccc2C)C(=O)O1. The smallest absolute Gasteiger partial charge is 0.363 e. The molecule has 2 aromatic rings. The monoisotopic (exact) mass is 299 g/mol. The van der Waals surface area contributed by atoms with Crippen LogP contribution in [0, 0.1) is 6.92 Å². The van der Waals surface area contributed by atoms with Gasteiger partial charge in [-0.25, -0.2) is 9.79 Å². The summed E-state index contributed by atoms with van der Waals surface area (Å²) in [5, 5.41) is 1.98. The zero-order valence-electron chi connectivity index (χ0n) is 11.6. The van der Waals surface area contributed by atoms with Crippen molar-refractivity contribution in [1.29, 1.82) is 0 Å². The molecule has 0 bridgehead atoms. The van der Waals surface area contributed by atoms with Gasteiger partial charge in [0, 0.05) is 4.88 Å². The first-order valence-corrected chi connectivity index (χ1v) is 7.27. The van der Waals surface area contributed by atoms with Gasteiger partial charge in [0.05, 0.1) is 12.7 Å². The number of carbonyl (C=O) groups is 1. The lowest BCUT2D eigenvalue weighted by molar-refractivity contribution is -0.129. The molecule has 0 saturated heterocycles. The standard InChI is InChI=1S/C16H13NO3S/c1-10-7-8-21-14(10)9-12-16(18)20-15(17-12)11-5-3-4-6-13(11)19-2/h3-9H,1-2H3/b12-9-. The van der Waals surface area contributed by atoms with Crippen molar-refractivity contribution in [3.8, 4) is 5.75 Å². The second-order valence-corrected chi connectivity index (χ2v) is 5.45. The summed E-state index contributed by atoms with van der Waals surface area (Å²) >= 11 is 1.57. The molecule has 0 N–H and O–H groups in total. The summed E-state index contributed by atoms with van der Waals surface area (Å²) < 4.78 is 10.5. The maximum atomic E-state index is 12.0. The average Bonchev–Trinajstić information content (AvgIpc) is 3.06. The molecule has 4 nitrogen and oxygen atoms in total. The molecule has 1 aromatic carbocycles. The highest BCUT2D eigenvalue weighted by atomic mass is 32.1. The number of para-hydroxylation sites is 1. The van der Waals surface area contributed by atoms with Crippen LogP contribution in [0.3, 0.4) is 0 Å². The predicted octanol–water partition coefficient (Wildman–Crippen LogP) is 3.41. The van der Waals surface area contributed by atoms with Crippen LogP contribution in [0.1, 0.15) is 16.0 Å². The van der Waals surface area contributed by atoms with Gasteiger partial charge in [-0.15, -0.1) is 11.3 Å². The number of aryl methyl sites for hydroxylation is 1. The van der Waals surface area contributed by atoms with Gasteiger partial charge >= 0.3 is 5.97 Å². The van der Waals surface area contributed by atoms with E-state index in [1.165, 1.54) is 0 Å². The van der Waals surface area contributed by atoms with Crippen LogP contribution in [0.25, 0.3) is 6.08 Å². The molecule has 0 radical (unpaired) electrons. The normalized spacial score (nSPS) is 16.0. The van der Waals surface area contributed by atoms with Gasteiger partial charge in [-0.3, -0.25) is 0 Å². The summed E-state index contributed by atoms with van der Waals surface area (Å²) in [6.45, 7) is 1.99. The Morgan fingerprint density at radius 2 is 2.10 bits per heavy atom. The van der Waals surface area contributed by atoms with E-state index >= 15 is 0 Å². The van der Waals surface area contributed by atoms with Crippen LogP contribution in [0.15, 0.2) is 46.4 Å². The third-order valence-electron chi connectivity index (χ3n) is 3.13.